The maximum atomic E-state index is 9.70. The average Bonchev–Trinajstić information content (AvgIpc) is 3.31. The van der Waals surface area contributed by atoms with Crippen molar-refractivity contribution in [2.24, 2.45) is 0 Å². The van der Waals surface area contributed by atoms with Crippen molar-refractivity contribution < 1.29 is 9.63 Å². The van der Waals surface area contributed by atoms with Gasteiger partial charge < -0.3 is 9.63 Å². The molecule has 0 amide bonds. The van der Waals surface area contributed by atoms with Crippen molar-refractivity contribution in [1.29, 1.82) is 0 Å². The van der Waals surface area contributed by atoms with E-state index in [2.05, 4.69) is 15.1 Å². The summed E-state index contributed by atoms with van der Waals surface area (Å²) in [5, 5.41) is 13.6. The molecule has 0 saturated carbocycles. The molecular formula is C19H16N4O2. The lowest BCUT2D eigenvalue weighted by Gasteiger charge is -2.08. The van der Waals surface area contributed by atoms with E-state index in [4.69, 9.17) is 4.52 Å². The van der Waals surface area contributed by atoms with Crippen LogP contribution in [0, 0.1) is 0 Å². The van der Waals surface area contributed by atoms with Crippen molar-refractivity contribution in [1.82, 2.24) is 19.7 Å². The van der Waals surface area contributed by atoms with Crippen LogP contribution in [-0.4, -0.2) is 24.8 Å². The molecule has 0 fully saturated rings. The molecular weight excluding hydrogens is 316 g/mol. The third kappa shape index (κ3) is 2.89. The Kier molecular flexibility index (Phi) is 3.78. The maximum absolute atomic E-state index is 9.70. The molecule has 0 atom stereocenters. The standard InChI is InChI=1S/C19H16N4O2/c1-2-17-21-19(25-22-17)13-6-8-15(9-7-13)23-11-10-20-18(23)14-4-3-5-16(24)12-14/h3-12,24H,2H2,1H3. The highest BCUT2D eigenvalue weighted by Gasteiger charge is 2.11. The third-order valence-corrected chi connectivity index (χ3v) is 3.92. The van der Waals surface area contributed by atoms with Crippen LogP contribution in [0.5, 0.6) is 5.75 Å². The largest absolute Gasteiger partial charge is 0.508 e. The molecule has 6 heteroatoms. The highest BCUT2D eigenvalue weighted by Crippen LogP contribution is 2.26. The smallest absolute Gasteiger partial charge is 0.257 e. The first kappa shape index (κ1) is 15.1. The van der Waals surface area contributed by atoms with Crippen molar-refractivity contribution in [2.45, 2.75) is 13.3 Å². The Morgan fingerprint density at radius 1 is 1.08 bits per heavy atom. The van der Waals surface area contributed by atoms with Gasteiger partial charge in [-0.25, -0.2) is 4.98 Å². The fraction of sp³-hybridized carbons (Fsp3) is 0.105. The maximum Gasteiger partial charge on any atom is 0.257 e. The summed E-state index contributed by atoms with van der Waals surface area (Å²) in [7, 11) is 0. The number of benzene rings is 2. The van der Waals surface area contributed by atoms with Crippen LogP contribution >= 0.6 is 0 Å². The zero-order valence-corrected chi connectivity index (χ0v) is 13.6. The molecule has 0 aliphatic heterocycles. The van der Waals surface area contributed by atoms with E-state index in [9.17, 15) is 5.11 Å². The number of hydrogen-bond donors (Lipinski definition) is 1. The molecule has 1 N–H and O–H groups in total. The molecule has 2 aromatic heterocycles. The van der Waals surface area contributed by atoms with Gasteiger partial charge in [0.1, 0.15) is 11.6 Å². The molecule has 25 heavy (non-hydrogen) atoms. The van der Waals surface area contributed by atoms with Crippen molar-refractivity contribution >= 4 is 0 Å². The van der Waals surface area contributed by atoms with Gasteiger partial charge in [-0.15, -0.1) is 0 Å². The molecule has 0 aliphatic rings. The minimum Gasteiger partial charge on any atom is -0.508 e. The third-order valence-electron chi connectivity index (χ3n) is 3.92. The number of aryl methyl sites for hydroxylation is 1. The second kappa shape index (κ2) is 6.24. The minimum atomic E-state index is 0.213. The Morgan fingerprint density at radius 2 is 1.92 bits per heavy atom. The Morgan fingerprint density at radius 3 is 2.64 bits per heavy atom. The molecule has 0 radical (unpaired) electrons. The van der Waals surface area contributed by atoms with E-state index in [1.54, 1.807) is 24.4 Å². The first-order chi connectivity index (χ1) is 12.2. The molecule has 2 heterocycles. The average molecular weight is 332 g/mol. The molecule has 2 aromatic carbocycles. The first-order valence-electron chi connectivity index (χ1n) is 8.01. The molecule has 0 spiro atoms. The number of rotatable bonds is 4. The van der Waals surface area contributed by atoms with Gasteiger partial charge in [0.2, 0.25) is 0 Å². The predicted octanol–water partition coefficient (Wildman–Crippen LogP) is 3.86. The van der Waals surface area contributed by atoms with Crippen LogP contribution < -0.4 is 0 Å². The van der Waals surface area contributed by atoms with Gasteiger partial charge in [0.05, 0.1) is 0 Å². The van der Waals surface area contributed by atoms with Gasteiger partial charge in [-0.05, 0) is 36.4 Å². The van der Waals surface area contributed by atoms with Gasteiger partial charge in [0, 0.05) is 35.6 Å². The molecule has 6 nitrogen and oxygen atoms in total. The number of phenolic OH excluding ortho intramolecular Hbond substituents is 1. The number of aromatic hydroxyl groups is 1. The first-order valence-corrected chi connectivity index (χ1v) is 8.01. The van der Waals surface area contributed by atoms with Crippen molar-refractivity contribution in [3.05, 3.63) is 66.7 Å². The molecule has 124 valence electrons. The summed E-state index contributed by atoms with van der Waals surface area (Å²) in [6.07, 6.45) is 4.36. The summed E-state index contributed by atoms with van der Waals surface area (Å²) >= 11 is 0. The number of phenols is 1. The van der Waals surface area contributed by atoms with E-state index in [0.717, 1.165) is 29.1 Å². The highest BCUT2D eigenvalue weighted by atomic mass is 16.5. The number of nitrogens with zero attached hydrogens (tertiary/aromatic N) is 4. The summed E-state index contributed by atoms with van der Waals surface area (Å²) in [4.78, 5) is 8.75. The summed E-state index contributed by atoms with van der Waals surface area (Å²) in [5.74, 6) is 2.18. The van der Waals surface area contributed by atoms with Crippen molar-refractivity contribution in [3.63, 3.8) is 0 Å². The van der Waals surface area contributed by atoms with E-state index in [1.807, 2.05) is 48.0 Å². The van der Waals surface area contributed by atoms with Gasteiger partial charge in [-0.2, -0.15) is 4.98 Å². The van der Waals surface area contributed by atoms with Crippen LogP contribution in [0.3, 0.4) is 0 Å². The Labute approximate surface area is 144 Å². The van der Waals surface area contributed by atoms with Gasteiger partial charge in [0.15, 0.2) is 5.82 Å². The zero-order chi connectivity index (χ0) is 17.2. The van der Waals surface area contributed by atoms with Crippen LogP contribution in [0.15, 0.2) is 65.4 Å². The highest BCUT2D eigenvalue weighted by molar-refractivity contribution is 5.62. The summed E-state index contributed by atoms with van der Waals surface area (Å²) < 4.78 is 7.23. The second-order valence-electron chi connectivity index (χ2n) is 5.59. The van der Waals surface area contributed by atoms with Crippen LogP contribution in [0.4, 0.5) is 0 Å². The molecule has 4 rings (SSSR count). The van der Waals surface area contributed by atoms with Crippen LogP contribution in [0.1, 0.15) is 12.7 Å². The van der Waals surface area contributed by atoms with E-state index in [0.29, 0.717) is 11.7 Å². The van der Waals surface area contributed by atoms with E-state index in [-0.39, 0.29) is 5.75 Å². The fourth-order valence-corrected chi connectivity index (χ4v) is 2.65. The Bertz CT molecular complexity index is 1000. The summed E-state index contributed by atoms with van der Waals surface area (Å²) in [6.45, 7) is 1.99. The Balaban J connectivity index is 1.68. The normalized spacial score (nSPS) is 10.9. The summed E-state index contributed by atoms with van der Waals surface area (Å²) in [6, 6.07) is 14.9. The van der Waals surface area contributed by atoms with Crippen LogP contribution in [0.2, 0.25) is 0 Å². The molecule has 0 unspecified atom stereocenters. The topological polar surface area (TPSA) is 77.0 Å². The van der Waals surface area contributed by atoms with E-state index < -0.39 is 0 Å². The number of imidazole rings is 1. The van der Waals surface area contributed by atoms with Gasteiger partial charge in [0.25, 0.3) is 5.89 Å². The predicted molar refractivity (Wildman–Crippen MR) is 93.3 cm³/mol. The Hall–Kier alpha value is -3.41. The lowest BCUT2D eigenvalue weighted by Crippen LogP contribution is -1.96. The quantitative estimate of drug-likeness (QED) is 0.614. The van der Waals surface area contributed by atoms with Crippen LogP contribution in [-0.2, 0) is 6.42 Å². The number of hydrogen-bond acceptors (Lipinski definition) is 5. The van der Waals surface area contributed by atoms with Crippen molar-refractivity contribution in [2.75, 3.05) is 0 Å². The SMILES string of the molecule is CCc1noc(-c2ccc(-n3ccnc3-c3cccc(O)c3)cc2)n1. The fourth-order valence-electron chi connectivity index (χ4n) is 2.65. The minimum absolute atomic E-state index is 0.213. The van der Waals surface area contributed by atoms with E-state index >= 15 is 0 Å². The van der Waals surface area contributed by atoms with Crippen LogP contribution in [0.25, 0.3) is 28.5 Å². The lowest BCUT2D eigenvalue weighted by molar-refractivity contribution is 0.423. The zero-order valence-electron chi connectivity index (χ0n) is 13.6. The van der Waals surface area contributed by atoms with Gasteiger partial charge in [-0.3, -0.25) is 4.57 Å². The second-order valence-corrected chi connectivity index (χ2v) is 5.59. The van der Waals surface area contributed by atoms with Crippen molar-refractivity contribution in [3.8, 4) is 34.3 Å². The molecule has 0 saturated heterocycles. The van der Waals surface area contributed by atoms with Gasteiger partial charge >= 0.3 is 0 Å². The lowest BCUT2D eigenvalue weighted by atomic mass is 10.1. The number of aromatic nitrogens is 4. The molecule has 0 bridgehead atoms. The summed E-state index contributed by atoms with van der Waals surface area (Å²) in [5.41, 5.74) is 2.67. The van der Waals surface area contributed by atoms with Gasteiger partial charge in [-0.1, -0.05) is 24.2 Å². The van der Waals surface area contributed by atoms with E-state index in [1.165, 1.54) is 0 Å². The molecule has 0 aliphatic carbocycles. The molecule has 4 aromatic rings. The monoisotopic (exact) mass is 332 g/mol.